The van der Waals surface area contributed by atoms with Crippen LogP contribution in [0.3, 0.4) is 0 Å². The maximum absolute atomic E-state index is 13.3. The van der Waals surface area contributed by atoms with Crippen molar-refractivity contribution < 1.29 is 4.39 Å². The van der Waals surface area contributed by atoms with E-state index in [4.69, 9.17) is 5.73 Å². The maximum Gasteiger partial charge on any atom is 0.126 e. The maximum atomic E-state index is 13.3. The Morgan fingerprint density at radius 3 is 2.50 bits per heavy atom. The Bertz CT molecular complexity index is 318. The SMILES string of the molecule is Cc1ccc(C(C)(C)CCN)cc1F. The quantitative estimate of drug-likeness (QED) is 0.788. The molecule has 1 rings (SSSR count). The lowest BCUT2D eigenvalue weighted by Crippen LogP contribution is -2.21. The number of halogens is 1. The van der Waals surface area contributed by atoms with Crippen molar-refractivity contribution in [2.75, 3.05) is 6.54 Å². The normalized spacial score (nSPS) is 11.8. The summed E-state index contributed by atoms with van der Waals surface area (Å²) in [7, 11) is 0. The van der Waals surface area contributed by atoms with Gasteiger partial charge in [-0.15, -0.1) is 0 Å². The molecule has 0 saturated heterocycles. The van der Waals surface area contributed by atoms with Gasteiger partial charge in [0.1, 0.15) is 5.82 Å². The van der Waals surface area contributed by atoms with Crippen LogP contribution in [-0.4, -0.2) is 6.54 Å². The van der Waals surface area contributed by atoms with Gasteiger partial charge in [-0.05, 0) is 42.5 Å². The van der Waals surface area contributed by atoms with Crippen LogP contribution in [0, 0.1) is 12.7 Å². The smallest absolute Gasteiger partial charge is 0.126 e. The van der Waals surface area contributed by atoms with Gasteiger partial charge in [0.05, 0.1) is 0 Å². The molecule has 14 heavy (non-hydrogen) atoms. The summed E-state index contributed by atoms with van der Waals surface area (Å²) in [6.07, 6.45) is 0.871. The van der Waals surface area contributed by atoms with E-state index in [0.717, 1.165) is 12.0 Å². The number of benzene rings is 1. The number of nitrogens with two attached hydrogens (primary N) is 1. The first kappa shape index (κ1) is 11.2. The van der Waals surface area contributed by atoms with Crippen LogP contribution >= 0.6 is 0 Å². The standard InChI is InChI=1S/C12H18FN/c1-9-4-5-10(8-11(9)13)12(2,3)6-7-14/h4-5,8H,6-7,14H2,1-3H3. The van der Waals surface area contributed by atoms with E-state index in [1.54, 1.807) is 13.0 Å². The summed E-state index contributed by atoms with van der Waals surface area (Å²) >= 11 is 0. The van der Waals surface area contributed by atoms with Crippen LogP contribution in [0.15, 0.2) is 18.2 Å². The zero-order valence-electron chi connectivity index (χ0n) is 9.10. The second kappa shape index (κ2) is 4.09. The highest BCUT2D eigenvalue weighted by molar-refractivity contribution is 5.28. The van der Waals surface area contributed by atoms with Gasteiger partial charge in [0.2, 0.25) is 0 Å². The number of rotatable bonds is 3. The predicted molar refractivity (Wildman–Crippen MR) is 57.8 cm³/mol. The van der Waals surface area contributed by atoms with Crippen molar-refractivity contribution >= 4 is 0 Å². The summed E-state index contributed by atoms with van der Waals surface area (Å²) in [6, 6.07) is 5.42. The fourth-order valence-corrected chi connectivity index (χ4v) is 1.52. The molecule has 0 bridgehead atoms. The fraction of sp³-hybridized carbons (Fsp3) is 0.500. The average molecular weight is 195 g/mol. The Morgan fingerprint density at radius 2 is 2.00 bits per heavy atom. The minimum absolute atomic E-state index is 0.0384. The van der Waals surface area contributed by atoms with Gasteiger partial charge in [-0.3, -0.25) is 0 Å². The summed E-state index contributed by atoms with van der Waals surface area (Å²) in [5, 5.41) is 0. The summed E-state index contributed by atoms with van der Waals surface area (Å²) in [4.78, 5) is 0. The third kappa shape index (κ3) is 2.32. The molecule has 2 heteroatoms. The minimum Gasteiger partial charge on any atom is -0.330 e. The van der Waals surface area contributed by atoms with Gasteiger partial charge in [0.15, 0.2) is 0 Å². The molecular weight excluding hydrogens is 177 g/mol. The lowest BCUT2D eigenvalue weighted by Gasteiger charge is -2.24. The van der Waals surface area contributed by atoms with E-state index in [0.29, 0.717) is 12.1 Å². The fourth-order valence-electron chi connectivity index (χ4n) is 1.52. The molecule has 1 aromatic rings. The van der Waals surface area contributed by atoms with Crippen LogP contribution in [0.2, 0.25) is 0 Å². The first-order valence-electron chi connectivity index (χ1n) is 4.94. The van der Waals surface area contributed by atoms with E-state index in [1.807, 2.05) is 12.1 Å². The minimum atomic E-state index is -0.132. The van der Waals surface area contributed by atoms with Crippen molar-refractivity contribution in [3.8, 4) is 0 Å². The third-order valence-corrected chi connectivity index (χ3v) is 2.72. The molecule has 0 spiro atoms. The summed E-state index contributed by atoms with van der Waals surface area (Å²) < 4.78 is 13.3. The number of hydrogen-bond donors (Lipinski definition) is 1. The van der Waals surface area contributed by atoms with Gasteiger partial charge in [0, 0.05) is 0 Å². The molecule has 78 valence electrons. The topological polar surface area (TPSA) is 26.0 Å². The molecule has 0 aliphatic heterocycles. The zero-order valence-corrected chi connectivity index (χ0v) is 9.10. The second-order valence-electron chi connectivity index (χ2n) is 4.39. The largest absolute Gasteiger partial charge is 0.330 e. The van der Waals surface area contributed by atoms with Crippen molar-refractivity contribution in [2.24, 2.45) is 5.73 Å². The van der Waals surface area contributed by atoms with Crippen molar-refractivity contribution in [3.05, 3.63) is 35.1 Å². The lowest BCUT2D eigenvalue weighted by atomic mass is 9.81. The van der Waals surface area contributed by atoms with E-state index >= 15 is 0 Å². The molecule has 2 N–H and O–H groups in total. The van der Waals surface area contributed by atoms with Crippen LogP contribution in [0.4, 0.5) is 4.39 Å². The molecule has 0 unspecified atom stereocenters. The van der Waals surface area contributed by atoms with Crippen LogP contribution in [0.5, 0.6) is 0 Å². The predicted octanol–water partition coefficient (Wildman–Crippen LogP) is 2.76. The van der Waals surface area contributed by atoms with Gasteiger partial charge >= 0.3 is 0 Å². The number of hydrogen-bond acceptors (Lipinski definition) is 1. The van der Waals surface area contributed by atoms with Crippen LogP contribution in [-0.2, 0) is 5.41 Å². The Morgan fingerprint density at radius 1 is 1.36 bits per heavy atom. The Balaban J connectivity index is 3.01. The van der Waals surface area contributed by atoms with E-state index in [9.17, 15) is 4.39 Å². The zero-order chi connectivity index (χ0) is 10.8. The van der Waals surface area contributed by atoms with Gasteiger partial charge in [-0.2, -0.15) is 0 Å². The highest BCUT2D eigenvalue weighted by atomic mass is 19.1. The molecule has 0 amide bonds. The van der Waals surface area contributed by atoms with Crippen molar-refractivity contribution in [3.63, 3.8) is 0 Å². The van der Waals surface area contributed by atoms with Gasteiger partial charge in [-0.1, -0.05) is 26.0 Å². The van der Waals surface area contributed by atoms with E-state index < -0.39 is 0 Å². The average Bonchev–Trinajstić information content (AvgIpc) is 2.09. The van der Waals surface area contributed by atoms with Crippen molar-refractivity contribution in [1.82, 2.24) is 0 Å². The Hall–Kier alpha value is -0.890. The monoisotopic (exact) mass is 195 g/mol. The summed E-state index contributed by atoms with van der Waals surface area (Å²) in [5.41, 5.74) is 7.20. The molecule has 0 heterocycles. The van der Waals surface area contributed by atoms with E-state index in [1.165, 1.54) is 0 Å². The molecule has 0 aliphatic rings. The molecule has 0 saturated carbocycles. The molecule has 1 nitrogen and oxygen atoms in total. The highest BCUT2D eigenvalue weighted by Gasteiger charge is 2.20. The van der Waals surface area contributed by atoms with Crippen LogP contribution < -0.4 is 5.73 Å². The third-order valence-electron chi connectivity index (χ3n) is 2.72. The first-order chi connectivity index (χ1) is 6.47. The van der Waals surface area contributed by atoms with Crippen LogP contribution in [0.1, 0.15) is 31.4 Å². The van der Waals surface area contributed by atoms with Crippen molar-refractivity contribution in [1.29, 1.82) is 0 Å². The molecule has 0 aliphatic carbocycles. The Kier molecular flexibility index (Phi) is 3.27. The summed E-state index contributed by atoms with van der Waals surface area (Å²) in [5.74, 6) is -0.132. The first-order valence-corrected chi connectivity index (χ1v) is 4.94. The second-order valence-corrected chi connectivity index (χ2v) is 4.39. The van der Waals surface area contributed by atoms with Crippen molar-refractivity contribution in [2.45, 2.75) is 32.6 Å². The van der Waals surface area contributed by atoms with Crippen LogP contribution in [0.25, 0.3) is 0 Å². The molecule has 0 aromatic heterocycles. The van der Waals surface area contributed by atoms with Gasteiger partial charge in [-0.25, -0.2) is 4.39 Å². The van der Waals surface area contributed by atoms with E-state index in [2.05, 4.69) is 13.8 Å². The molecule has 0 radical (unpaired) electrons. The summed E-state index contributed by atoms with van der Waals surface area (Å²) in [6.45, 7) is 6.57. The van der Waals surface area contributed by atoms with Gasteiger partial charge in [0.25, 0.3) is 0 Å². The molecule has 1 aromatic carbocycles. The molecule has 0 atom stereocenters. The molecule has 0 fully saturated rings. The van der Waals surface area contributed by atoms with Gasteiger partial charge < -0.3 is 5.73 Å². The Labute approximate surface area is 85.1 Å². The number of aryl methyl sites for hydroxylation is 1. The van der Waals surface area contributed by atoms with E-state index in [-0.39, 0.29) is 11.2 Å². The lowest BCUT2D eigenvalue weighted by molar-refractivity contribution is 0.482. The highest BCUT2D eigenvalue weighted by Crippen LogP contribution is 2.27. The molecular formula is C12H18FN.